The monoisotopic (exact) mass is 561 g/mol. The third-order valence-electron chi connectivity index (χ3n) is 4.85. The summed E-state index contributed by atoms with van der Waals surface area (Å²) in [5, 5.41) is 17.8. The predicted octanol–water partition coefficient (Wildman–Crippen LogP) is 6.07. The summed E-state index contributed by atoms with van der Waals surface area (Å²) in [4.78, 5) is 24.4. The van der Waals surface area contributed by atoms with Gasteiger partial charge in [-0.05, 0) is 49.5 Å². The second kappa shape index (κ2) is 11.0. The van der Waals surface area contributed by atoms with Crippen molar-refractivity contribution in [1.82, 2.24) is 25.1 Å². The van der Waals surface area contributed by atoms with Gasteiger partial charge in [-0.25, -0.2) is 9.97 Å². The summed E-state index contributed by atoms with van der Waals surface area (Å²) in [6.07, 6.45) is -3.09. The van der Waals surface area contributed by atoms with Crippen molar-refractivity contribution >= 4 is 69.5 Å². The molecule has 0 spiro atoms. The molecule has 38 heavy (non-hydrogen) atoms. The highest BCUT2D eigenvalue weighted by atomic mass is 35.5. The Kier molecular flexibility index (Phi) is 7.73. The quantitative estimate of drug-likeness (QED) is 0.134. The first-order chi connectivity index (χ1) is 18.0. The Labute approximate surface area is 224 Å². The van der Waals surface area contributed by atoms with Crippen molar-refractivity contribution in [2.45, 2.75) is 20.0 Å². The van der Waals surface area contributed by atoms with Gasteiger partial charge in [-0.15, -0.1) is 0 Å². The minimum Gasteiger partial charge on any atom is -0.332 e. The summed E-state index contributed by atoms with van der Waals surface area (Å²) in [5.74, 6) is 1.44. The van der Waals surface area contributed by atoms with Crippen molar-refractivity contribution in [3.05, 3.63) is 70.6 Å². The number of anilines is 6. The highest BCUT2D eigenvalue weighted by molar-refractivity contribution is 7.80. The zero-order valence-electron chi connectivity index (χ0n) is 19.7. The van der Waals surface area contributed by atoms with Gasteiger partial charge in [0.1, 0.15) is 23.1 Å². The highest BCUT2D eigenvalue weighted by Crippen LogP contribution is 2.36. The zero-order chi connectivity index (χ0) is 27.4. The van der Waals surface area contributed by atoms with Crippen LogP contribution in [0.3, 0.4) is 0 Å². The second-order valence-electron chi connectivity index (χ2n) is 7.89. The average molecular weight is 562 g/mol. The predicted molar refractivity (Wildman–Crippen MR) is 142 cm³/mol. The van der Waals surface area contributed by atoms with Crippen LogP contribution in [0.1, 0.15) is 28.7 Å². The van der Waals surface area contributed by atoms with Gasteiger partial charge in [-0.1, -0.05) is 11.6 Å². The lowest BCUT2D eigenvalue weighted by Crippen LogP contribution is -2.20. The van der Waals surface area contributed by atoms with E-state index >= 15 is 0 Å². The Morgan fingerprint density at radius 2 is 1.76 bits per heavy atom. The summed E-state index contributed by atoms with van der Waals surface area (Å²) in [6.45, 7) is 3.21. The van der Waals surface area contributed by atoms with Crippen LogP contribution in [0.15, 0.2) is 48.7 Å². The number of nitrogens with one attached hydrogen (secondary N) is 5. The molecule has 3 aromatic heterocycles. The number of benzene rings is 1. The molecule has 0 amide bonds. The van der Waals surface area contributed by atoms with Gasteiger partial charge in [0, 0.05) is 30.4 Å². The fourth-order valence-corrected chi connectivity index (χ4v) is 3.61. The third-order valence-corrected chi connectivity index (χ3v) is 5.38. The number of nitrogens with zero attached hydrogens (tertiary/aromatic N) is 4. The molecule has 0 aliphatic carbocycles. The average Bonchev–Trinajstić information content (AvgIpc) is 3.29. The molecule has 0 aliphatic rings. The van der Waals surface area contributed by atoms with E-state index in [0.717, 1.165) is 12.1 Å². The number of hydrogen-bond acceptors (Lipinski definition) is 8. The summed E-state index contributed by atoms with van der Waals surface area (Å²) in [5.41, 5.74) is 0.688. The minimum atomic E-state index is -4.59. The largest absolute Gasteiger partial charge is 0.417 e. The van der Waals surface area contributed by atoms with Crippen molar-refractivity contribution in [2.75, 3.05) is 21.3 Å². The first-order valence-corrected chi connectivity index (χ1v) is 11.6. The van der Waals surface area contributed by atoms with Crippen molar-refractivity contribution in [3.8, 4) is 0 Å². The maximum absolute atomic E-state index is 13.1. The minimum absolute atomic E-state index is 0.0399. The van der Waals surface area contributed by atoms with Gasteiger partial charge in [0.2, 0.25) is 5.95 Å². The molecule has 4 aromatic rings. The molecule has 3 heterocycles. The Balaban J connectivity index is 1.38. The van der Waals surface area contributed by atoms with Crippen LogP contribution in [0.2, 0.25) is 5.02 Å². The summed E-state index contributed by atoms with van der Waals surface area (Å²) in [6, 6.07) is 9.99. The van der Waals surface area contributed by atoms with Gasteiger partial charge in [-0.2, -0.15) is 23.3 Å². The number of rotatable bonds is 7. The number of H-pyrrole nitrogens is 1. The molecule has 0 atom stereocenters. The molecule has 0 bridgehead atoms. The Bertz CT molecular complexity index is 1490. The maximum Gasteiger partial charge on any atom is 0.417 e. The number of alkyl halides is 3. The van der Waals surface area contributed by atoms with Crippen LogP contribution in [-0.2, 0) is 6.18 Å². The van der Waals surface area contributed by atoms with Crippen molar-refractivity contribution < 1.29 is 18.0 Å². The fourth-order valence-electron chi connectivity index (χ4n) is 3.16. The number of halogens is 4. The Morgan fingerprint density at radius 1 is 1.00 bits per heavy atom. The number of aryl methyl sites for hydroxylation is 1. The lowest BCUT2D eigenvalue weighted by atomic mass is 10.2. The van der Waals surface area contributed by atoms with E-state index in [1.165, 1.54) is 19.2 Å². The van der Waals surface area contributed by atoms with Crippen LogP contribution >= 0.6 is 23.8 Å². The number of carbonyl (C=O) groups is 1. The van der Waals surface area contributed by atoms with Crippen molar-refractivity contribution in [3.63, 3.8) is 0 Å². The first kappa shape index (κ1) is 26.8. The number of Topliss-reactive ketones (excluding diaryl/α,β-unsaturated/α-hetero) is 1. The number of aromatic amines is 1. The first-order valence-electron chi connectivity index (χ1n) is 10.8. The van der Waals surface area contributed by atoms with Gasteiger partial charge in [-0.3, -0.25) is 9.89 Å². The van der Waals surface area contributed by atoms with E-state index in [9.17, 15) is 18.0 Å². The number of carbonyl (C=O) groups excluding carboxylic acids is 1. The van der Waals surface area contributed by atoms with E-state index in [-0.39, 0.29) is 16.6 Å². The molecule has 1 aromatic carbocycles. The topological polar surface area (TPSA) is 133 Å². The standard InChI is InChI=1S/C23H19ClF3N9OS/c1-11-7-19(32-20-9-17(12(2)37)35-36-20)33-21(29-11)30-14-4-6-18(28-10-14)34-22(38)31-13-3-5-16(24)15(8-13)23(25,26)27/h3-10H,1-2H3,(H2,28,31,34,38)(H3,29,30,32,33,35,36). The number of aromatic nitrogens is 5. The molecule has 0 saturated carbocycles. The van der Waals surface area contributed by atoms with Crippen LogP contribution in [0.25, 0.3) is 0 Å². The summed E-state index contributed by atoms with van der Waals surface area (Å²) in [7, 11) is 0. The second-order valence-corrected chi connectivity index (χ2v) is 8.71. The molecular formula is C23H19ClF3N9OS. The van der Waals surface area contributed by atoms with Crippen LogP contribution in [0, 0.1) is 6.92 Å². The van der Waals surface area contributed by atoms with Gasteiger partial charge in [0.25, 0.3) is 0 Å². The molecule has 10 nitrogen and oxygen atoms in total. The van der Waals surface area contributed by atoms with Crippen LogP contribution in [-0.4, -0.2) is 36.0 Å². The van der Waals surface area contributed by atoms with E-state index < -0.39 is 16.8 Å². The van der Waals surface area contributed by atoms with Gasteiger partial charge in [0.05, 0.1) is 22.5 Å². The normalized spacial score (nSPS) is 11.1. The lowest BCUT2D eigenvalue weighted by molar-refractivity contribution is -0.137. The number of pyridine rings is 1. The Morgan fingerprint density at radius 3 is 2.42 bits per heavy atom. The van der Waals surface area contributed by atoms with E-state index in [0.29, 0.717) is 40.5 Å². The number of ketones is 1. The summed E-state index contributed by atoms with van der Waals surface area (Å²) < 4.78 is 39.2. The molecular weight excluding hydrogens is 543 g/mol. The van der Waals surface area contributed by atoms with E-state index in [2.05, 4.69) is 46.4 Å². The maximum atomic E-state index is 13.1. The lowest BCUT2D eigenvalue weighted by Gasteiger charge is -2.14. The van der Waals surface area contributed by atoms with Crippen molar-refractivity contribution in [2.24, 2.45) is 0 Å². The summed E-state index contributed by atoms with van der Waals surface area (Å²) >= 11 is 10.8. The van der Waals surface area contributed by atoms with Gasteiger partial charge >= 0.3 is 6.18 Å². The molecule has 15 heteroatoms. The fraction of sp³-hybridized carbons (Fsp3) is 0.130. The van der Waals surface area contributed by atoms with Crippen molar-refractivity contribution in [1.29, 1.82) is 0 Å². The molecule has 5 N–H and O–H groups in total. The zero-order valence-corrected chi connectivity index (χ0v) is 21.3. The molecule has 196 valence electrons. The highest BCUT2D eigenvalue weighted by Gasteiger charge is 2.33. The molecule has 0 saturated heterocycles. The molecule has 0 radical (unpaired) electrons. The van der Waals surface area contributed by atoms with E-state index in [1.54, 1.807) is 31.2 Å². The molecule has 4 rings (SSSR count). The smallest absolute Gasteiger partial charge is 0.332 e. The van der Waals surface area contributed by atoms with Crippen LogP contribution in [0.5, 0.6) is 0 Å². The molecule has 0 aliphatic heterocycles. The number of hydrogen-bond donors (Lipinski definition) is 5. The van der Waals surface area contributed by atoms with Crippen LogP contribution < -0.4 is 21.3 Å². The van der Waals surface area contributed by atoms with Crippen LogP contribution in [0.4, 0.5) is 47.9 Å². The molecule has 0 fully saturated rings. The van der Waals surface area contributed by atoms with E-state index in [1.807, 2.05) is 0 Å². The van der Waals surface area contributed by atoms with E-state index in [4.69, 9.17) is 23.8 Å². The SMILES string of the molecule is CC(=O)c1cc(Nc2cc(C)nc(Nc3ccc(NC(=S)Nc4ccc(Cl)c(C(F)(F)F)c4)nc3)n2)[nH]n1. The third kappa shape index (κ3) is 6.92. The molecule has 0 unspecified atom stereocenters. The Hall–Kier alpha value is -4.30. The van der Waals surface area contributed by atoms with Gasteiger partial charge < -0.3 is 21.3 Å². The van der Waals surface area contributed by atoms with Gasteiger partial charge in [0.15, 0.2) is 10.9 Å². The number of thiocarbonyl (C=S) groups is 1.